The molecule has 0 bridgehead atoms. The van der Waals surface area contributed by atoms with Crippen molar-refractivity contribution in [1.29, 1.82) is 0 Å². The van der Waals surface area contributed by atoms with Crippen LogP contribution in [0.2, 0.25) is 0 Å². The van der Waals surface area contributed by atoms with Gasteiger partial charge in [0.2, 0.25) is 0 Å². The van der Waals surface area contributed by atoms with Gasteiger partial charge in [0.1, 0.15) is 5.69 Å². The highest BCUT2D eigenvalue weighted by Crippen LogP contribution is 2.23. The highest BCUT2D eigenvalue weighted by Gasteiger charge is 2.21. The van der Waals surface area contributed by atoms with Gasteiger partial charge in [0.15, 0.2) is 0 Å². The molecule has 0 saturated carbocycles. The average Bonchev–Trinajstić information content (AvgIpc) is 3.17. The predicted molar refractivity (Wildman–Crippen MR) is 129 cm³/mol. The SMILES string of the molecule is CCN(C)/C=N\c1cc(C)c(Cc2nc(C(=O)N3CCCCC3)cs2)nc1C.Cl.Cl. The number of thiazole rings is 1. The highest BCUT2D eigenvalue weighted by atomic mass is 35.5. The van der Waals surface area contributed by atoms with Crippen molar-refractivity contribution < 1.29 is 4.79 Å². The summed E-state index contributed by atoms with van der Waals surface area (Å²) in [5.41, 5.74) is 4.45. The van der Waals surface area contributed by atoms with E-state index in [0.717, 1.165) is 60.1 Å². The van der Waals surface area contributed by atoms with Gasteiger partial charge in [0, 0.05) is 38.5 Å². The van der Waals surface area contributed by atoms with Crippen LogP contribution in [0.3, 0.4) is 0 Å². The summed E-state index contributed by atoms with van der Waals surface area (Å²) in [4.78, 5) is 30.5. The number of likely N-dealkylation sites (tertiary alicyclic amines) is 1. The number of amides is 1. The molecule has 0 radical (unpaired) electrons. The molecule has 166 valence electrons. The van der Waals surface area contributed by atoms with E-state index in [9.17, 15) is 4.79 Å². The molecular weight excluding hydrogens is 441 g/mol. The molecule has 1 aliphatic rings. The van der Waals surface area contributed by atoms with Crippen LogP contribution >= 0.6 is 36.2 Å². The van der Waals surface area contributed by atoms with Gasteiger partial charge < -0.3 is 9.80 Å². The Labute approximate surface area is 195 Å². The van der Waals surface area contributed by atoms with E-state index in [4.69, 9.17) is 4.98 Å². The number of hydrogen-bond acceptors (Lipinski definition) is 5. The molecule has 1 amide bonds. The third-order valence-electron chi connectivity index (χ3n) is 5.11. The summed E-state index contributed by atoms with van der Waals surface area (Å²) in [6.07, 6.45) is 5.87. The van der Waals surface area contributed by atoms with E-state index in [2.05, 4.69) is 29.9 Å². The minimum atomic E-state index is 0. The van der Waals surface area contributed by atoms with Crippen LogP contribution in [0, 0.1) is 13.8 Å². The van der Waals surface area contributed by atoms with Crippen molar-refractivity contribution in [2.45, 2.75) is 46.5 Å². The van der Waals surface area contributed by atoms with Gasteiger partial charge in [-0.2, -0.15) is 0 Å². The Morgan fingerprint density at radius 3 is 2.60 bits per heavy atom. The van der Waals surface area contributed by atoms with Crippen molar-refractivity contribution in [3.05, 3.63) is 39.1 Å². The lowest BCUT2D eigenvalue weighted by molar-refractivity contribution is 0.0719. The van der Waals surface area contributed by atoms with Gasteiger partial charge in [-0.05, 0) is 51.7 Å². The zero-order valence-corrected chi connectivity index (χ0v) is 20.5. The van der Waals surface area contributed by atoms with E-state index in [1.54, 1.807) is 0 Å². The zero-order chi connectivity index (χ0) is 20.1. The molecule has 1 fully saturated rings. The number of nitrogens with zero attached hydrogens (tertiary/aromatic N) is 5. The lowest BCUT2D eigenvalue weighted by Gasteiger charge is -2.25. The number of piperidine rings is 1. The molecule has 2 aromatic rings. The Hall–Kier alpha value is -1.70. The Balaban J connectivity index is 0.00000225. The van der Waals surface area contributed by atoms with Crippen LogP contribution in [0.15, 0.2) is 16.4 Å². The highest BCUT2D eigenvalue weighted by molar-refractivity contribution is 7.09. The van der Waals surface area contributed by atoms with Gasteiger partial charge in [0.05, 0.1) is 28.4 Å². The third-order valence-corrected chi connectivity index (χ3v) is 5.96. The summed E-state index contributed by atoms with van der Waals surface area (Å²) < 4.78 is 0. The maximum atomic E-state index is 12.6. The Morgan fingerprint density at radius 2 is 1.93 bits per heavy atom. The van der Waals surface area contributed by atoms with Crippen LogP contribution < -0.4 is 0 Å². The lowest BCUT2D eigenvalue weighted by Crippen LogP contribution is -2.35. The summed E-state index contributed by atoms with van der Waals surface area (Å²) in [5.74, 6) is 0.0628. The average molecular weight is 472 g/mol. The van der Waals surface area contributed by atoms with E-state index >= 15 is 0 Å². The second-order valence-electron chi connectivity index (χ2n) is 7.33. The number of hydrogen-bond donors (Lipinski definition) is 0. The number of carbonyl (C=O) groups is 1. The molecule has 9 heteroatoms. The molecule has 3 rings (SSSR count). The second-order valence-corrected chi connectivity index (χ2v) is 8.27. The fraction of sp³-hybridized carbons (Fsp3) is 0.524. The molecule has 0 atom stereocenters. The van der Waals surface area contributed by atoms with Gasteiger partial charge in [-0.3, -0.25) is 9.78 Å². The van der Waals surface area contributed by atoms with Crippen molar-refractivity contribution in [3.63, 3.8) is 0 Å². The van der Waals surface area contributed by atoms with E-state index in [1.807, 2.05) is 35.5 Å². The van der Waals surface area contributed by atoms with E-state index in [1.165, 1.54) is 17.8 Å². The van der Waals surface area contributed by atoms with Gasteiger partial charge >= 0.3 is 0 Å². The van der Waals surface area contributed by atoms with E-state index in [-0.39, 0.29) is 30.7 Å². The molecule has 1 saturated heterocycles. The Morgan fingerprint density at radius 1 is 1.23 bits per heavy atom. The molecule has 0 spiro atoms. The topological polar surface area (TPSA) is 61.7 Å². The first kappa shape index (κ1) is 26.3. The second kappa shape index (κ2) is 12.2. The molecule has 3 heterocycles. The molecular formula is C21H31Cl2N5OS. The van der Waals surface area contributed by atoms with Crippen molar-refractivity contribution in [3.8, 4) is 0 Å². The number of aromatic nitrogens is 2. The summed E-state index contributed by atoms with van der Waals surface area (Å²) in [6.45, 7) is 8.73. The quantitative estimate of drug-likeness (QED) is 0.447. The number of carbonyl (C=O) groups excluding carboxylic acids is 1. The lowest BCUT2D eigenvalue weighted by atomic mass is 10.1. The van der Waals surface area contributed by atoms with Crippen LogP contribution in [-0.2, 0) is 6.42 Å². The molecule has 0 aliphatic carbocycles. The van der Waals surface area contributed by atoms with Gasteiger partial charge in [-0.15, -0.1) is 36.2 Å². The smallest absolute Gasteiger partial charge is 0.273 e. The van der Waals surface area contributed by atoms with Crippen LogP contribution in [0.4, 0.5) is 5.69 Å². The molecule has 2 aromatic heterocycles. The van der Waals surface area contributed by atoms with Crippen LogP contribution in [0.25, 0.3) is 0 Å². The Bertz CT molecular complexity index is 865. The van der Waals surface area contributed by atoms with Crippen LogP contribution in [0.5, 0.6) is 0 Å². The number of aryl methyl sites for hydroxylation is 2. The molecule has 1 aliphatic heterocycles. The Kier molecular flexibility index (Phi) is 10.7. The molecule has 0 aromatic carbocycles. The molecule has 0 N–H and O–H groups in total. The normalized spacial score (nSPS) is 13.7. The summed E-state index contributed by atoms with van der Waals surface area (Å²) in [7, 11) is 2.00. The summed E-state index contributed by atoms with van der Waals surface area (Å²) in [5, 5.41) is 2.81. The van der Waals surface area contributed by atoms with Crippen molar-refractivity contribution in [2.24, 2.45) is 4.99 Å². The van der Waals surface area contributed by atoms with Crippen molar-refractivity contribution in [1.82, 2.24) is 19.8 Å². The minimum absolute atomic E-state index is 0. The molecule has 30 heavy (non-hydrogen) atoms. The fourth-order valence-corrected chi connectivity index (χ4v) is 3.96. The van der Waals surface area contributed by atoms with Gasteiger partial charge in [-0.25, -0.2) is 9.98 Å². The predicted octanol–water partition coefficient (Wildman–Crippen LogP) is 4.83. The monoisotopic (exact) mass is 471 g/mol. The van der Waals surface area contributed by atoms with Gasteiger partial charge in [0.25, 0.3) is 5.91 Å². The van der Waals surface area contributed by atoms with Crippen molar-refractivity contribution >= 4 is 54.1 Å². The number of rotatable bonds is 6. The summed E-state index contributed by atoms with van der Waals surface area (Å²) in [6, 6.07) is 2.07. The number of pyridine rings is 1. The standard InChI is InChI=1S/C21H29N5OS.2ClH/c1-5-25(4)14-22-18-11-15(2)17(23-16(18)3)12-20-24-19(13-28-20)21(27)26-9-7-6-8-10-26;;/h11,13-14H,5-10,12H2,1-4H3;2*1H/b22-14-;;. The number of halogens is 2. The van der Waals surface area contributed by atoms with E-state index < -0.39 is 0 Å². The van der Waals surface area contributed by atoms with Crippen LogP contribution in [0.1, 0.15) is 58.6 Å². The third kappa shape index (κ3) is 6.65. The maximum Gasteiger partial charge on any atom is 0.273 e. The largest absolute Gasteiger partial charge is 0.366 e. The van der Waals surface area contributed by atoms with E-state index in [0.29, 0.717) is 12.1 Å². The fourth-order valence-electron chi connectivity index (χ4n) is 3.19. The van der Waals surface area contributed by atoms with Gasteiger partial charge in [-0.1, -0.05) is 0 Å². The minimum Gasteiger partial charge on any atom is -0.366 e. The molecule has 6 nitrogen and oxygen atoms in total. The van der Waals surface area contributed by atoms with Crippen LogP contribution in [-0.4, -0.2) is 58.7 Å². The zero-order valence-electron chi connectivity index (χ0n) is 18.1. The summed E-state index contributed by atoms with van der Waals surface area (Å²) >= 11 is 1.54. The first-order valence-electron chi connectivity index (χ1n) is 9.93. The van der Waals surface area contributed by atoms with Crippen molar-refractivity contribution in [2.75, 3.05) is 26.7 Å². The first-order chi connectivity index (χ1) is 13.5. The number of aliphatic imine (C=N–C) groups is 1. The maximum absolute atomic E-state index is 12.6. The first-order valence-corrected chi connectivity index (χ1v) is 10.8. The molecule has 0 unspecified atom stereocenters.